The molecule has 0 bridgehead atoms. The molecule has 0 aromatic heterocycles. The third-order valence-electron chi connectivity index (χ3n) is 2.25. The molecule has 0 saturated carbocycles. The number of rotatable bonds is 5. The Balaban J connectivity index is 0.00000106. The van der Waals surface area contributed by atoms with Gasteiger partial charge in [0.15, 0.2) is 0 Å². The van der Waals surface area contributed by atoms with Crippen molar-refractivity contribution in [1.82, 2.24) is 5.32 Å². The van der Waals surface area contributed by atoms with Crippen LogP contribution in [-0.4, -0.2) is 13.6 Å². The Hall–Kier alpha value is -1.34. The third-order valence-corrected chi connectivity index (χ3v) is 2.25. The van der Waals surface area contributed by atoms with Gasteiger partial charge in [-0.3, -0.25) is 0 Å². The molecule has 1 heteroatoms. The van der Waals surface area contributed by atoms with Gasteiger partial charge in [0.1, 0.15) is 0 Å². The van der Waals surface area contributed by atoms with E-state index in [1.54, 1.807) is 0 Å². The fourth-order valence-corrected chi connectivity index (χ4v) is 1.41. The van der Waals surface area contributed by atoms with Gasteiger partial charge in [-0.2, -0.15) is 0 Å². The summed E-state index contributed by atoms with van der Waals surface area (Å²) in [5, 5.41) is 3.14. The van der Waals surface area contributed by atoms with Crippen molar-refractivity contribution in [2.24, 2.45) is 0 Å². The second-order valence-electron chi connectivity index (χ2n) is 3.23. The summed E-state index contributed by atoms with van der Waals surface area (Å²) < 4.78 is 0. The molecule has 88 valence electrons. The molecule has 1 aromatic rings. The van der Waals surface area contributed by atoms with Gasteiger partial charge in [0, 0.05) is 0 Å². The number of hydrogen-bond donors (Lipinski definition) is 1. The van der Waals surface area contributed by atoms with Crippen LogP contribution in [-0.2, 0) is 6.42 Å². The lowest BCUT2D eigenvalue weighted by Crippen LogP contribution is -2.10. The van der Waals surface area contributed by atoms with Crippen molar-refractivity contribution in [3.63, 3.8) is 0 Å². The molecule has 0 radical (unpaired) electrons. The van der Waals surface area contributed by atoms with Gasteiger partial charge in [-0.05, 0) is 36.7 Å². The van der Waals surface area contributed by atoms with Gasteiger partial charge in [-0.1, -0.05) is 57.4 Å². The molecular formula is C15H23N. The summed E-state index contributed by atoms with van der Waals surface area (Å²) in [6.07, 6.45) is 4.79. The predicted molar refractivity (Wildman–Crippen MR) is 75.6 cm³/mol. The average molecular weight is 217 g/mol. The number of likely N-dealkylation sites (N-methyl/N-ethyl adjacent to an activating group) is 1. The molecule has 0 aliphatic heterocycles. The Morgan fingerprint density at radius 3 is 2.25 bits per heavy atom. The van der Waals surface area contributed by atoms with E-state index in [1.807, 2.05) is 33.0 Å². The summed E-state index contributed by atoms with van der Waals surface area (Å²) in [6.45, 7) is 12.6. The molecule has 0 heterocycles. The molecule has 1 aromatic carbocycles. The third kappa shape index (κ3) is 4.45. The highest BCUT2D eigenvalue weighted by molar-refractivity contribution is 5.64. The lowest BCUT2D eigenvalue weighted by molar-refractivity contribution is 0.791. The van der Waals surface area contributed by atoms with E-state index < -0.39 is 0 Å². The highest BCUT2D eigenvalue weighted by atomic mass is 14.8. The fraction of sp³-hybridized carbons (Fsp3) is 0.333. The van der Waals surface area contributed by atoms with Crippen LogP contribution in [0.4, 0.5) is 0 Å². The zero-order chi connectivity index (χ0) is 12.4. The van der Waals surface area contributed by atoms with Crippen molar-refractivity contribution >= 4 is 12.2 Å². The Kier molecular flexibility index (Phi) is 8.18. The van der Waals surface area contributed by atoms with Gasteiger partial charge < -0.3 is 5.32 Å². The fourth-order valence-electron chi connectivity index (χ4n) is 1.41. The van der Waals surface area contributed by atoms with Crippen LogP contribution in [0.25, 0.3) is 12.2 Å². The molecule has 16 heavy (non-hydrogen) atoms. The van der Waals surface area contributed by atoms with E-state index in [1.165, 1.54) is 5.56 Å². The van der Waals surface area contributed by atoms with Crippen LogP contribution < -0.4 is 5.32 Å². The van der Waals surface area contributed by atoms with Crippen molar-refractivity contribution in [1.29, 1.82) is 0 Å². The highest BCUT2D eigenvalue weighted by Gasteiger charge is 1.97. The quantitative estimate of drug-likeness (QED) is 0.792. The molecule has 1 N–H and O–H groups in total. The highest BCUT2D eigenvalue weighted by Crippen LogP contribution is 2.14. The van der Waals surface area contributed by atoms with Crippen molar-refractivity contribution in [3.8, 4) is 0 Å². The SMILES string of the molecule is C=Cc1ccc(CCNC)cc1C=C.CC. The monoisotopic (exact) mass is 217 g/mol. The summed E-state index contributed by atoms with van der Waals surface area (Å²) >= 11 is 0. The minimum absolute atomic E-state index is 1.00. The largest absolute Gasteiger partial charge is 0.319 e. The topological polar surface area (TPSA) is 12.0 Å². The van der Waals surface area contributed by atoms with Crippen molar-refractivity contribution in [2.75, 3.05) is 13.6 Å². The molecule has 0 aliphatic rings. The standard InChI is InChI=1S/C13H17N.C2H6/c1-4-12-7-6-11(8-9-14-3)10-13(12)5-2;1-2/h4-7,10,14H,1-2,8-9H2,3H3;1-2H3. The van der Waals surface area contributed by atoms with Gasteiger partial charge in [-0.15, -0.1) is 0 Å². The summed E-state index contributed by atoms with van der Waals surface area (Å²) in [5.74, 6) is 0. The van der Waals surface area contributed by atoms with Gasteiger partial charge in [-0.25, -0.2) is 0 Å². The maximum absolute atomic E-state index is 3.80. The minimum atomic E-state index is 1.00. The average Bonchev–Trinajstić information content (AvgIpc) is 2.38. The molecule has 0 atom stereocenters. The van der Waals surface area contributed by atoms with Gasteiger partial charge >= 0.3 is 0 Å². The lowest BCUT2D eigenvalue weighted by Gasteiger charge is -2.05. The number of nitrogens with one attached hydrogen (secondary N) is 1. The molecule has 0 saturated heterocycles. The zero-order valence-corrected chi connectivity index (χ0v) is 10.7. The van der Waals surface area contributed by atoms with Gasteiger partial charge in [0.05, 0.1) is 0 Å². The molecule has 0 amide bonds. The zero-order valence-electron chi connectivity index (χ0n) is 10.7. The summed E-state index contributed by atoms with van der Waals surface area (Å²) in [4.78, 5) is 0. The van der Waals surface area contributed by atoms with E-state index in [9.17, 15) is 0 Å². The smallest absolute Gasteiger partial charge is 0.00114 e. The van der Waals surface area contributed by atoms with Gasteiger partial charge in [0.2, 0.25) is 0 Å². The lowest BCUT2D eigenvalue weighted by atomic mass is 10.0. The second kappa shape index (κ2) is 8.93. The first-order chi connectivity index (χ1) is 7.81. The van der Waals surface area contributed by atoms with Crippen molar-refractivity contribution < 1.29 is 0 Å². The van der Waals surface area contributed by atoms with E-state index >= 15 is 0 Å². The van der Waals surface area contributed by atoms with Crippen molar-refractivity contribution in [3.05, 3.63) is 48.0 Å². The van der Waals surface area contributed by atoms with Crippen molar-refractivity contribution in [2.45, 2.75) is 20.3 Å². The van der Waals surface area contributed by atoms with E-state index in [-0.39, 0.29) is 0 Å². The Morgan fingerprint density at radius 1 is 1.12 bits per heavy atom. The van der Waals surface area contributed by atoms with Crippen LogP contribution >= 0.6 is 0 Å². The van der Waals surface area contributed by atoms with Crippen LogP contribution in [0.5, 0.6) is 0 Å². The molecule has 1 rings (SSSR count). The summed E-state index contributed by atoms with van der Waals surface area (Å²) in [5.41, 5.74) is 3.64. The van der Waals surface area contributed by atoms with E-state index in [4.69, 9.17) is 0 Å². The van der Waals surface area contributed by atoms with Crippen LogP contribution in [0, 0.1) is 0 Å². The van der Waals surface area contributed by atoms with E-state index in [0.717, 1.165) is 24.1 Å². The van der Waals surface area contributed by atoms with Crippen LogP contribution in [0.3, 0.4) is 0 Å². The molecular weight excluding hydrogens is 194 g/mol. The summed E-state index contributed by atoms with van der Waals surface area (Å²) in [6, 6.07) is 6.40. The molecule has 0 fully saturated rings. The number of benzene rings is 1. The molecule has 0 spiro atoms. The van der Waals surface area contributed by atoms with E-state index in [2.05, 4.69) is 36.7 Å². The van der Waals surface area contributed by atoms with Crippen LogP contribution in [0.1, 0.15) is 30.5 Å². The van der Waals surface area contributed by atoms with Crippen LogP contribution in [0.15, 0.2) is 31.4 Å². The Labute approximate surface area is 99.9 Å². The second-order valence-corrected chi connectivity index (χ2v) is 3.23. The maximum Gasteiger partial charge on any atom is -0.00114 e. The first-order valence-corrected chi connectivity index (χ1v) is 5.84. The summed E-state index contributed by atoms with van der Waals surface area (Å²) in [7, 11) is 1.96. The Bertz CT molecular complexity index is 326. The first-order valence-electron chi connectivity index (χ1n) is 5.84. The normalized spacial score (nSPS) is 8.94. The molecule has 0 aliphatic carbocycles. The maximum atomic E-state index is 3.80. The molecule has 1 nitrogen and oxygen atoms in total. The minimum Gasteiger partial charge on any atom is -0.319 e. The Morgan fingerprint density at radius 2 is 1.75 bits per heavy atom. The molecule has 0 unspecified atom stereocenters. The van der Waals surface area contributed by atoms with Gasteiger partial charge in [0.25, 0.3) is 0 Å². The number of hydrogen-bond acceptors (Lipinski definition) is 1. The van der Waals surface area contributed by atoms with E-state index in [0.29, 0.717) is 0 Å². The predicted octanol–water partition coefficient (Wildman–Crippen LogP) is 3.76. The first kappa shape index (κ1) is 14.7. The van der Waals surface area contributed by atoms with Crippen LogP contribution in [0.2, 0.25) is 0 Å².